The zero-order chi connectivity index (χ0) is 16.9. The first-order chi connectivity index (χ1) is 10.7. The summed E-state index contributed by atoms with van der Waals surface area (Å²) in [4.78, 5) is 23.8. The van der Waals surface area contributed by atoms with Crippen LogP contribution in [0.25, 0.3) is 21.9 Å². The Bertz CT molecular complexity index is 1050. The van der Waals surface area contributed by atoms with Crippen LogP contribution in [0.4, 0.5) is 13.2 Å². The normalized spacial score (nSPS) is 12.2. The Morgan fingerprint density at radius 2 is 1.91 bits per heavy atom. The van der Waals surface area contributed by atoms with Crippen molar-refractivity contribution in [1.29, 1.82) is 0 Å². The quantitative estimate of drug-likeness (QED) is 0.698. The molecule has 1 aromatic carbocycles. The first-order valence-electron chi connectivity index (χ1n) is 6.64. The van der Waals surface area contributed by atoms with Crippen molar-refractivity contribution in [3.05, 3.63) is 50.6 Å². The lowest BCUT2D eigenvalue weighted by atomic mass is 10.1. The summed E-state index contributed by atoms with van der Waals surface area (Å²) in [7, 11) is 0. The van der Waals surface area contributed by atoms with E-state index in [-0.39, 0.29) is 28.4 Å². The minimum Gasteiger partial charge on any atom is -0.507 e. The van der Waals surface area contributed by atoms with E-state index in [2.05, 4.69) is 0 Å². The van der Waals surface area contributed by atoms with Gasteiger partial charge in [0.05, 0.1) is 17.1 Å². The number of benzene rings is 1. The summed E-state index contributed by atoms with van der Waals surface area (Å²) in [6.07, 6.45) is -4.59. The summed E-state index contributed by atoms with van der Waals surface area (Å²) in [5.74, 6) is -0.622. The first kappa shape index (κ1) is 15.1. The van der Waals surface area contributed by atoms with Crippen LogP contribution in [0.5, 0.6) is 5.75 Å². The van der Waals surface area contributed by atoms with Gasteiger partial charge < -0.3 is 14.1 Å². The lowest BCUT2D eigenvalue weighted by Crippen LogP contribution is -2.21. The Labute approximate surface area is 126 Å². The average molecular weight is 325 g/mol. The molecule has 0 spiro atoms. The van der Waals surface area contributed by atoms with E-state index in [0.717, 1.165) is 18.2 Å². The largest absolute Gasteiger partial charge is 0.507 e. The monoisotopic (exact) mass is 325 g/mol. The second-order valence-electron chi connectivity index (χ2n) is 4.93. The molecule has 0 bridgehead atoms. The second kappa shape index (κ2) is 4.87. The standard InChI is InChI=1S/C15H10F3NO4/c1-2-19-9-4-3-7(15(16,17)18)5-8(9)13-12(14(19)22)10(20)6-11(21)23-13/h3-6,20H,2H2,1H3. The van der Waals surface area contributed by atoms with E-state index in [1.807, 2.05) is 0 Å². The number of aromatic hydroxyl groups is 1. The third kappa shape index (κ3) is 2.26. The van der Waals surface area contributed by atoms with E-state index in [4.69, 9.17) is 4.42 Å². The SMILES string of the molecule is CCn1c(=O)c2c(O)cc(=O)oc2c2cc(C(F)(F)F)ccc21. The Balaban J connectivity index is 2.63. The van der Waals surface area contributed by atoms with Gasteiger partial charge in [-0.25, -0.2) is 4.79 Å². The van der Waals surface area contributed by atoms with Crippen molar-refractivity contribution in [1.82, 2.24) is 4.57 Å². The van der Waals surface area contributed by atoms with Crippen molar-refractivity contribution in [3.8, 4) is 5.75 Å². The van der Waals surface area contributed by atoms with E-state index in [0.29, 0.717) is 6.07 Å². The number of hydrogen-bond donors (Lipinski definition) is 1. The molecular weight excluding hydrogens is 315 g/mol. The van der Waals surface area contributed by atoms with Gasteiger partial charge in [-0.15, -0.1) is 0 Å². The molecule has 23 heavy (non-hydrogen) atoms. The molecular formula is C15H10F3NO4. The van der Waals surface area contributed by atoms with Crippen molar-refractivity contribution in [2.45, 2.75) is 19.6 Å². The Hall–Kier alpha value is -2.77. The fourth-order valence-corrected chi connectivity index (χ4v) is 2.57. The Kier molecular flexibility index (Phi) is 3.20. The fraction of sp³-hybridized carbons (Fsp3) is 0.200. The second-order valence-corrected chi connectivity index (χ2v) is 4.93. The number of alkyl halides is 3. The van der Waals surface area contributed by atoms with Gasteiger partial charge in [-0.1, -0.05) is 0 Å². The van der Waals surface area contributed by atoms with Gasteiger partial charge in [0, 0.05) is 11.9 Å². The lowest BCUT2D eigenvalue weighted by molar-refractivity contribution is -0.137. The third-order valence-corrected chi connectivity index (χ3v) is 3.57. The Morgan fingerprint density at radius 3 is 2.52 bits per heavy atom. The maximum absolute atomic E-state index is 12.9. The minimum absolute atomic E-state index is 0.0655. The molecule has 0 aliphatic heterocycles. The van der Waals surface area contributed by atoms with Crippen molar-refractivity contribution < 1.29 is 22.7 Å². The molecule has 0 radical (unpaired) electrons. The minimum atomic E-state index is -4.59. The number of hydrogen-bond acceptors (Lipinski definition) is 4. The summed E-state index contributed by atoms with van der Waals surface area (Å²) in [5.41, 5.74) is -2.71. The van der Waals surface area contributed by atoms with E-state index < -0.39 is 28.7 Å². The van der Waals surface area contributed by atoms with Crippen molar-refractivity contribution in [3.63, 3.8) is 0 Å². The molecule has 3 aromatic rings. The van der Waals surface area contributed by atoms with Crippen LogP contribution in [-0.2, 0) is 12.7 Å². The molecule has 0 saturated carbocycles. The molecule has 5 nitrogen and oxygen atoms in total. The summed E-state index contributed by atoms with van der Waals surface area (Å²) in [6.45, 7) is 1.82. The van der Waals surface area contributed by atoms with Gasteiger partial charge >= 0.3 is 11.8 Å². The highest BCUT2D eigenvalue weighted by molar-refractivity contribution is 6.04. The van der Waals surface area contributed by atoms with Crippen LogP contribution in [0.3, 0.4) is 0 Å². The van der Waals surface area contributed by atoms with Crippen LogP contribution in [0.1, 0.15) is 12.5 Å². The highest BCUT2D eigenvalue weighted by Gasteiger charge is 2.31. The maximum atomic E-state index is 12.9. The molecule has 0 aliphatic rings. The zero-order valence-electron chi connectivity index (χ0n) is 11.8. The fourth-order valence-electron chi connectivity index (χ4n) is 2.57. The molecule has 0 amide bonds. The number of rotatable bonds is 1. The molecule has 1 N–H and O–H groups in total. The van der Waals surface area contributed by atoms with Crippen LogP contribution in [-0.4, -0.2) is 9.67 Å². The van der Waals surface area contributed by atoms with Crippen LogP contribution in [0, 0.1) is 0 Å². The van der Waals surface area contributed by atoms with Gasteiger partial charge in [0.15, 0.2) is 5.58 Å². The molecule has 2 heterocycles. The molecule has 0 aliphatic carbocycles. The molecule has 3 rings (SSSR count). The summed E-state index contributed by atoms with van der Waals surface area (Å²) < 4.78 is 44.9. The predicted octanol–water partition coefficient (Wildman–Crippen LogP) is 2.85. The van der Waals surface area contributed by atoms with Gasteiger partial charge in [0.2, 0.25) is 0 Å². The number of pyridine rings is 1. The molecule has 0 saturated heterocycles. The van der Waals surface area contributed by atoms with Crippen molar-refractivity contribution in [2.24, 2.45) is 0 Å². The smallest absolute Gasteiger partial charge is 0.416 e. The number of aromatic nitrogens is 1. The third-order valence-electron chi connectivity index (χ3n) is 3.57. The van der Waals surface area contributed by atoms with Gasteiger partial charge in [-0.3, -0.25) is 4.79 Å². The summed E-state index contributed by atoms with van der Waals surface area (Å²) in [5, 5.41) is 9.46. The van der Waals surface area contributed by atoms with E-state index >= 15 is 0 Å². The highest BCUT2D eigenvalue weighted by Crippen LogP contribution is 2.34. The predicted molar refractivity (Wildman–Crippen MR) is 76.6 cm³/mol. The van der Waals surface area contributed by atoms with Gasteiger partial charge in [-0.05, 0) is 25.1 Å². The molecule has 2 aromatic heterocycles. The molecule has 120 valence electrons. The van der Waals surface area contributed by atoms with Crippen molar-refractivity contribution >= 4 is 21.9 Å². The molecule has 0 fully saturated rings. The summed E-state index contributed by atoms with van der Waals surface area (Å²) >= 11 is 0. The number of fused-ring (bicyclic) bond motifs is 3. The first-order valence-corrected chi connectivity index (χ1v) is 6.64. The van der Waals surface area contributed by atoms with Crippen molar-refractivity contribution in [2.75, 3.05) is 0 Å². The lowest BCUT2D eigenvalue weighted by Gasteiger charge is -2.13. The van der Waals surface area contributed by atoms with Crippen LogP contribution in [0.2, 0.25) is 0 Å². The van der Waals surface area contributed by atoms with Gasteiger partial charge in [0.1, 0.15) is 11.1 Å². The van der Waals surface area contributed by atoms with Gasteiger partial charge in [-0.2, -0.15) is 13.2 Å². The van der Waals surface area contributed by atoms with Crippen LogP contribution in [0.15, 0.2) is 38.3 Å². The number of nitrogens with zero attached hydrogens (tertiary/aromatic N) is 1. The Morgan fingerprint density at radius 1 is 1.22 bits per heavy atom. The van der Waals surface area contributed by atoms with Crippen LogP contribution < -0.4 is 11.2 Å². The van der Waals surface area contributed by atoms with E-state index in [1.54, 1.807) is 6.92 Å². The van der Waals surface area contributed by atoms with E-state index in [1.165, 1.54) is 4.57 Å². The molecule has 0 atom stereocenters. The molecule has 0 unspecified atom stereocenters. The maximum Gasteiger partial charge on any atom is 0.416 e. The number of halogens is 3. The zero-order valence-corrected chi connectivity index (χ0v) is 11.8. The number of aryl methyl sites for hydroxylation is 1. The molecule has 8 heteroatoms. The van der Waals surface area contributed by atoms with Crippen LogP contribution >= 0.6 is 0 Å². The van der Waals surface area contributed by atoms with Gasteiger partial charge in [0.25, 0.3) is 5.56 Å². The highest BCUT2D eigenvalue weighted by atomic mass is 19.4. The van der Waals surface area contributed by atoms with E-state index in [9.17, 15) is 27.9 Å². The topological polar surface area (TPSA) is 72.4 Å². The summed E-state index contributed by atoms with van der Waals surface area (Å²) in [6, 6.07) is 3.50. The average Bonchev–Trinajstić information content (AvgIpc) is 2.45.